The molecule has 2 atom stereocenters. The number of hydrogen-bond acceptors (Lipinski definition) is 5. The Bertz CT molecular complexity index is 659. The van der Waals surface area contributed by atoms with Crippen molar-refractivity contribution >= 4 is 7.82 Å². The number of hydrogen-bond donors (Lipinski definition) is 1. The number of ether oxygens (including phenoxy) is 2. The SMILES string of the molecule is CCCCCCCCCCC=CCCCCCCCCCOC[C@H](COP(=O)(O)OCC[N+](C)(C)C)OC(C)(C)C. The molecule has 0 saturated carbocycles. The Morgan fingerprint density at radius 3 is 1.68 bits per heavy atom. The molecule has 0 fully saturated rings. The lowest BCUT2D eigenvalue weighted by Gasteiger charge is -2.28. The third-order valence-corrected chi connectivity index (χ3v) is 7.80. The zero-order chi connectivity index (χ0) is 30.9. The van der Waals surface area contributed by atoms with Gasteiger partial charge in [-0.2, -0.15) is 0 Å². The minimum absolute atomic E-state index is 0.0518. The van der Waals surface area contributed by atoms with Gasteiger partial charge in [0.15, 0.2) is 0 Å². The molecule has 246 valence electrons. The van der Waals surface area contributed by atoms with Crippen LogP contribution in [0.4, 0.5) is 0 Å². The maximum atomic E-state index is 12.2. The number of allylic oxidation sites excluding steroid dienone is 2. The zero-order valence-electron chi connectivity index (χ0n) is 28.2. The average Bonchev–Trinajstić information content (AvgIpc) is 2.86. The number of unbranched alkanes of at least 4 members (excludes halogenated alkanes) is 15. The highest BCUT2D eigenvalue weighted by Gasteiger charge is 2.27. The van der Waals surface area contributed by atoms with Crippen molar-refractivity contribution in [2.75, 3.05) is 54.1 Å². The van der Waals surface area contributed by atoms with Crippen molar-refractivity contribution < 1.29 is 32.5 Å². The lowest BCUT2D eigenvalue weighted by Crippen LogP contribution is -2.37. The molecule has 0 aliphatic carbocycles. The predicted molar refractivity (Wildman–Crippen MR) is 173 cm³/mol. The van der Waals surface area contributed by atoms with Crippen molar-refractivity contribution in [3.05, 3.63) is 12.2 Å². The number of nitrogens with zero attached hydrogens (tertiary/aromatic N) is 1. The molecule has 0 saturated heterocycles. The summed E-state index contributed by atoms with van der Waals surface area (Å²) in [7, 11) is 1.86. The molecule has 0 aromatic rings. The molecule has 0 rings (SSSR count). The van der Waals surface area contributed by atoms with E-state index in [1.54, 1.807) is 0 Å². The van der Waals surface area contributed by atoms with Gasteiger partial charge in [0.05, 0.1) is 40.0 Å². The Kier molecular flexibility index (Phi) is 24.9. The average molecular weight is 607 g/mol. The maximum absolute atomic E-state index is 12.2. The van der Waals surface area contributed by atoms with Crippen LogP contribution < -0.4 is 0 Å². The van der Waals surface area contributed by atoms with Crippen LogP contribution in [0.5, 0.6) is 0 Å². The van der Waals surface area contributed by atoms with Gasteiger partial charge in [-0.3, -0.25) is 9.05 Å². The van der Waals surface area contributed by atoms with Crippen molar-refractivity contribution in [3.63, 3.8) is 0 Å². The van der Waals surface area contributed by atoms with Gasteiger partial charge in [-0.1, -0.05) is 96.1 Å². The first-order valence-corrected chi connectivity index (χ1v) is 18.2. The van der Waals surface area contributed by atoms with Crippen LogP contribution in [0, 0.1) is 0 Å². The molecule has 8 heteroatoms. The highest BCUT2D eigenvalue weighted by Crippen LogP contribution is 2.43. The highest BCUT2D eigenvalue weighted by atomic mass is 31.2. The van der Waals surface area contributed by atoms with Crippen molar-refractivity contribution in [2.24, 2.45) is 0 Å². The molecule has 7 nitrogen and oxygen atoms in total. The lowest BCUT2D eigenvalue weighted by molar-refractivity contribution is -0.870. The normalized spacial score (nSPS) is 15.0. The summed E-state index contributed by atoms with van der Waals surface area (Å²) < 4.78 is 35.0. The first-order chi connectivity index (χ1) is 19.3. The van der Waals surface area contributed by atoms with Gasteiger partial charge in [0.1, 0.15) is 19.3 Å². The molecule has 0 amide bonds. The van der Waals surface area contributed by atoms with Gasteiger partial charge in [-0.05, 0) is 52.9 Å². The molecule has 1 N–H and O–H groups in total. The van der Waals surface area contributed by atoms with Crippen molar-refractivity contribution in [1.82, 2.24) is 0 Å². The molecule has 0 radical (unpaired) electrons. The van der Waals surface area contributed by atoms with E-state index in [9.17, 15) is 9.46 Å². The van der Waals surface area contributed by atoms with E-state index in [-0.39, 0.29) is 13.2 Å². The summed E-state index contributed by atoms with van der Waals surface area (Å²) in [5.41, 5.74) is -0.412. The molecule has 41 heavy (non-hydrogen) atoms. The van der Waals surface area contributed by atoms with Crippen LogP contribution >= 0.6 is 7.82 Å². The number of phosphoric acid groups is 1. The van der Waals surface area contributed by atoms with Gasteiger partial charge >= 0.3 is 7.82 Å². The number of quaternary nitrogens is 1. The van der Waals surface area contributed by atoms with E-state index in [0.29, 0.717) is 24.2 Å². The molecule has 1 unspecified atom stereocenters. The van der Waals surface area contributed by atoms with Gasteiger partial charge in [-0.15, -0.1) is 0 Å². The van der Waals surface area contributed by atoms with Crippen LogP contribution in [0.25, 0.3) is 0 Å². The van der Waals surface area contributed by atoms with Gasteiger partial charge in [-0.25, -0.2) is 4.57 Å². The summed E-state index contributed by atoms with van der Waals surface area (Å²) in [6.45, 7) is 9.81. The van der Waals surface area contributed by atoms with E-state index in [4.69, 9.17) is 18.5 Å². The van der Waals surface area contributed by atoms with Crippen LogP contribution in [0.1, 0.15) is 137 Å². The monoisotopic (exact) mass is 606 g/mol. The van der Waals surface area contributed by atoms with Crippen LogP contribution in [0.3, 0.4) is 0 Å². The molecule has 0 aromatic carbocycles. The minimum Gasteiger partial charge on any atom is -0.379 e. The third kappa shape index (κ3) is 32.5. The van der Waals surface area contributed by atoms with E-state index < -0.39 is 19.5 Å². The Labute approximate surface area is 254 Å². The van der Waals surface area contributed by atoms with E-state index in [1.165, 1.54) is 96.3 Å². The van der Waals surface area contributed by atoms with Crippen molar-refractivity contribution in [1.29, 1.82) is 0 Å². The lowest BCUT2D eigenvalue weighted by atomic mass is 10.1. The van der Waals surface area contributed by atoms with Crippen molar-refractivity contribution in [3.8, 4) is 0 Å². The van der Waals surface area contributed by atoms with E-state index >= 15 is 0 Å². The molecule has 0 aromatic heterocycles. The summed E-state index contributed by atoms with van der Waals surface area (Å²) in [5.74, 6) is 0. The Morgan fingerprint density at radius 1 is 0.707 bits per heavy atom. The number of phosphoric ester groups is 1. The van der Waals surface area contributed by atoms with Crippen LogP contribution in [0.15, 0.2) is 12.2 Å². The molecular formula is C33H69NO6P+. The molecule has 0 aliphatic heterocycles. The number of likely N-dealkylation sites (N-methyl/N-ethyl adjacent to an activating group) is 1. The van der Waals surface area contributed by atoms with Crippen LogP contribution in [-0.2, 0) is 23.1 Å². The number of rotatable bonds is 29. The first-order valence-electron chi connectivity index (χ1n) is 16.7. The fourth-order valence-electron chi connectivity index (χ4n) is 4.46. The zero-order valence-corrected chi connectivity index (χ0v) is 29.1. The summed E-state index contributed by atoms with van der Waals surface area (Å²) in [6.07, 6.45) is 26.6. The fraction of sp³-hybridized carbons (Fsp3) is 0.939. The summed E-state index contributed by atoms with van der Waals surface area (Å²) in [5, 5.41) is 0. The van der Waals surface area contributed by atoms with E-state index in [2.05, 4.69) is 19.1 Å². The van der Waals surface area contributed by atoms with Gasteiger partial charge in [0.25, 0.3) is 0 Å². The Morgan fingerprint density at radius 2 is 1.20 bits per heavy atom. The third-order valence-electron chi connectivity index (χ3n) is 6.81. The smallest absolute Gasteiger partial charge is 0.379 e. The minimum atomic E-state index is -4.13. The standard InChI is InChI=1S/C33H68NO6P/c1-8-9-10-11-12-13-14-15-16-17-18-19-20-21-22-23-24-25-26-28-37-30-32(40-33(2,3)4)31-39-41(35,36)38-29-27-34(5,6)7/h17-18,32H,8-16,19-31H2,1-7H3/p+1/t32-/m1/s1. The Hall–Kier alpha value is -0.270. The van der Waals surface area contributed by atoms with Gasteiger partial charge < -0.3 is 18.9 Å². The second-order valence-electron chi connectivity index (χ2n) is 13.5. The van der Waals surface area contributed by atoms with Gasteiger partial charge in [0.2, 0.25) is 0 Å². The van der Waals surface area contributed by atoms with Crippen molar-refractivity contribution in [2.45, 2.75) is 149 Å². The largest absolute Gasteiger partial charge is 0.472 e. The van der Waals surface area contributed by atoms with E-state index in [0.717, 1.165) is 12.8 Å². The molecule has 0 spiro atoms. The summed E-state index contributed by atoms with van der Waals surface area (Å²) >= 11 is 0. The highest BCUT2D eigenvalue weighted by molar-refractivity contribution is 7.47. The van der Waals surface area contributed by atoms with Crippen LogP contribution in [-0.4, -0.2) is 75.2 Å². The second-order valence-corrected chi connectivity index (χ2v) is 15.0. The summed E-state index contributed by atoms with van der Waals surface area (Å²) in [4.78, 5) is 10.0. The fourth-order valence-corrected chi connectivity index (χ4v) is 5.20. The van der Waals surface area contributed by atoms with Gasteiger partial charge in [0, 0.05) is 6.61 Å². The predicted octanol–water partition coefficient (Wildman–Crippen LogP) is 9.23. The molecular weight excluding hydrogens is 537 g/mol. The maximum Gasteiger partial charge on any atom is 0.472 e. The molecule has 0 heterocycles. The summed E-state index contributed by atoms with van der Waals surface area (Å²) in [6, 6.07) is 0. The van der Waals surface area contributed by atoms with Crippen LogP contribution in [0.2, 0.25) is 0 Å². The van der Waals surface area contributed by atoms with E-state index in [1.807, 2.05) is 41.9 Å². The molecule has 0 aliphatic rings. The topological polar surface area (TPSA) is 74.2 Å². The Balaban J connectivity index is 3.78. The quantitative estimate of drug-likeness (QED) is 0.0396. The second kappa shape index (κ2) is 25.1. The molecule has 0 bridgehead atoms. The first kappa shape index (κ1) is 40.7.